The van der Waals surface area contributed by atoms with E-state index in [1.54, 1.807) is 13.2 Å². The molecule has 2 heterocycles. The Morgan fingerprint density at radius 3 is 2.76 bits per heavy atom. The summed E-state index contributed by atoms with van der Waals surface area (Å²) in [6, 6.07) is 8.27. The second-order valence-corrected chi connectivity index (χ2v) is 6.91. The van der Waals surface area contributed by atoms with Gasteiger partial charge in [0.2, 0.25) is 6.79 Å². The number of likely N-dealkylation sites (N-methyl/N-ethyl adjacent to an activating group) is 1. The van der Waals surface area contributed by atoms with E-state index < -0.39 is 0 Å². The number of quaternary nitrogens is 1. The second kappa shape index (κ2) is 5.17. The van der Waals surface area contributed by atoms with Crippen LogP contribution in [0.25, 0.3) is 6.08 Å². The largest absolute Gasteiger partial charge is 0.504 e. The summed E-state index contributed by atoms with van der Waals surface area (Å²) in [5.41, 5.74) is 4.80. The molecule has 3 atom stereocenters. The van der Waals surface area contributed by atoms with Crippen LogP contribution in [-0.2, 0) is 6.54 Å². The minimum Gasteiger partial charge on any atom is -0.504 e. The van der Waals surface area contributed by atoms with Crippen molar-refractivity contribution in [1.82, 2.24) is 0 Å². The maximum atomic E-state index is 10.1. The molecule has 3 aliphatic rings. The highest BCUT2D eigenvalue weighted by Gasteiger charge is 2.41. The minimum absolute atomic E-state index is 0.205. The van der Waals surface area contributed by atoms with Crippen molar-refractivity contribution < 1.29 is 24.2 Å². The molecule has 0 fully saturated rings. The van der Waals surface area contributed by atoms with Gasteiger partial charge in [0.1, 0.15) is 12.6 Å². The van der Waals surface area contributed by atoms with Gasteiger partial charge in [-0.15, -0.1) is 0 Å². The summed E-state index contributed by atoms with van der Waals surface area (Å²) in [6.07, 6.45) is 4.42. The van der Waals surface area contributed by atoms with Crippen molar-refractivity contribution in [3.05, 3.63) is 52.6 Å². The van der Waals surface area contributed by atoms with Gasteiger partial charge in [0, 0.05) is 5.56 Å². The fourth-order valence-corrected chi connectivity index (χ4v) is 4.50. The quantitative estimate of drug-likeness (QED) is 0.835. The van der Waals surface area contributed by atoms with Crippen LogP contribution in [0.3, 0.4) is 0 Å². The van der Waals surface area contributed by atoms with Gasteiger partial charge >= 0.3 is 0 Å². The molecule has 0 bridgehead atoms. The predicted octanol–water partition coefficient (Wildman–Crippen LogP) is 2.01. The number of phenolic OH excluding ortho intramolecular Hbond substituents is 1. The Labute approximate surface area is 146 Å². The zero-order valence-corrected chi connectivity index (χ0v) is 14.2. The van der Waals surface area contributed by atoms with Crippen molar-refractivity contribution in [2.24, 2.45) is 0 Å². The Morgan fingerprint density at radius 2 is 1.96 bits per heavy atom. The van der Waals surface area contributed by atoms with E-state index in [0.29, 0.717) is 11.8 Å². The monoisotopic (exact) mass is 338 g/mol. The first-order valence-corrected chi connectivity index (χ1v) is 8.50. The summed E-state index contributed by atoms with van der Waals surface area (Å²) in [5.74, 6) is 2.69. The van der Waals surface area contributed by atoms with Gasteiger partial charge in [0.25, 0.3) is 0 Å². The summed E-state index contributed by atoms with van der Waals surface area (Å²) >= 11 is 0. The number of ether oxygens (including phenoxy) is 3. The van der Waals surface area contributed by atoms with E-state index in [9.17, 15) is 5.11 Å². The molecule has 0 radical (unpaired) electrons. The predicted molar refractivity (Wildman–Crippen MR) is 92.3 cm³/mol. The van der Waals surface area contributed by atoms with Crippen LogP contribution in [0, 0.1) is 0 Å². The van der Waals surface area contributed by atoms with Crippen LogP contribution in [-0.4, -0.2) is 26.1 Å². The van der Waals surface area contributed by atoms with Crippen molar-refractivity contribution in [3.8, 4) is 23.0 Å². The molecular weight excluding hydrogens is 318 g/mol. The maximum Gasteiger partial charge on any atom is 0.231 e. The zero-order chi connectivity index (χ0) is 17.1. The normalized spacial score (nSPS) is 25.1. The summed E-state index contributed by atoms with van der Waals surface area (Å²) in [6.45, 7) is 1.09. The average Bonchev–Trinajstić information content (AvgIpc) is 3.06. The first-order valence-electron chi connectivity index (χ1n) is 8.50. The van der Waals surface area contributed by atoms with Crippen molar-refractivity contribution in [2.45, 2.75) is 18.5 Å². The molecule has 5 nitrogen and oxygen atoms in total. The van der Waals surface area contributed by atoms with Crippen LogP contribution in [0.15, 0.2) is 30.3 Å². The molecule has 2 aliphatic heterocycles. The van der Waals surface area contributed by atoms with E-state index in [4.69, 9.17) is 14.2 Å². The molecule has 0 saturated heterocycles. The van der Waals surface area contributed by atoms with Crippen LogP contribution in [0.1, 0.15) is 34.2 Å². The van der Waals surface area contributed by atoms with E-state index in [2.05, 4.69) is 31.3 Å². The van der Waals surface area contributed by atoms with Gasteiger partial charge in [-0.25, -0.2) is 0 Å². The van der Waals surface area contributed by atoms with E-state index >= 15 is 0 Å². The molecule has 128 valence electrons. The molecule has 0 saturated carbocycles. The van der Waals surface area contributed by atoms with Gasteiger partial charge in [-0.2, -0.15) is 0 Å². The fraction of sp³-hybridized carbons (Fsp3) is 0.300. The number of benzene rings is 2. The summed E-state index contributed by atoms with van der Waals surface area (Å²) in [5, 5.41) is 10.1. The molecule has 2 aromatic carbocycles. The number of hydrogen-bond acceptors (Lipinski definition) is 4. The lowest BCUT2D eigenvalue weighted by Crippen LogP contribution is -3.09. The Balaban J connectivity index is 1.67. The number of hydrogen-bond donors (Lipinski definition) is 2. The fourth-order valence-electron chi connectivity index (χ4n) is 4.50. The Hall–Kier alpha value is -2.66. The lowest BCUT2D eigenvalue weighted by Gasteiger charge is -2.39. The molecule has 1 unspecified atom stereocenters. The number of fused-ring (bicyclic) bond motifs is 6. The van der Waals surface area contributed by atoms with Crippen molar-refractivity contribution in [3.63, 3.8) is 0 Å². The van der Waals surface area contributed by atoms with E-state index in [-0.39, 0.29) is 18.5 Å². The SMILES string of the molecule is COc1c(O)ccc2c1C[NH+](C)[C@H]1c3cc4c(cc3C=C[C@@H]21)OCO4. The number of phenols is 1. The Morgan fingerprint density at radius 1 is 1.16 bits per heavy atom. The Kier molecular flexibility index (Phi) is 3.03. The molecule has 0 amide bonds. The second-order valence-electron chi connectivity index (χ2n) is 6.91. The van der Waals surface area contributed by atoms with Gasteiger partial charge in [-0.3, -0.25) is 0 Å². The number of methoxy groups -OCH3 is 1. The first kappa shape index (κ1) is 14.7. The van der Waals surface area contributed by atoms with Gasteiger partial charge in [0.05, 0.1) is 25.6 Å². The standard InChI is InChI=1S/C20H19NO4/c1-21-9-15-12(5-6-16(22)20(15)23-2)13-4-3-11-7-17-18(25-10-24-17)8-14(11)19(13)21/h3-8,13,19,22H,9-10H2,1-2H3/p+1/t13-,19+/m0/s1. The summed E-state index contributed by atoms with van der Waals surface area (Å²) in [7, 11) is 3.81. The van der Waals surface area contributed by atoms with Gasteiger partial charge in [-0.1, -0.05) is 18.2 Å². The zero-order valence-electron chi connectivity index (χ0n) is 14.2. The minimum atomic E-state index is 0.205. The third-order valence-electron chi connectivity index (χ3n) is 5.58. The molecule has 2 aromatic rings. The highest BCUT2D eigenvalue weighted by atomic mass is 16.7. The lowest BCUT2D eigenvalue weighted by molar-refractivity contribution is -0.929. The highest BCUT2D eigenvalue weighted by Crippen LogP contribution is 2.47. The van der Waals surface area contributed by atoms with Crippen molar-refractivity contribution in [1.29, 1.82) is 0 Å². The molecule has 5 heteroatoms. The summed E-state index contributed by atoms with van der Waals surface area (Å²) < 4.78 is 16.6. The van der Waals surface area contributed by atoms with Crippen LogP contribution < -0.4 is 19.1 Å². The first-order chi connectivity index (χ1) is 12.2. The third-order valence-corrected chi connectivity index (χ3v) is 5.58. The highest BCUT2D eigenvalue weighted by molar-refractivity contribution is 5.66. The van der Waals surface area contributed by atoms with E-state index in [0.717, 1.165) is 23.6 Å². The number of aromatic hydroxyl groups is 1. The summed E-state index contributed by atoms with van der Waals surface area (Å²) in [4.78, 5) is 1.37. The smallest absolute Gasteiger partial charge is 0.231 e. The van der Waals surface area contributed by atoms with Gasteiger partial charge in [0.15, 0.2) is 23.0 Å². The van der Waals surface area contributed by atoms with Gasteiger partial charge in [-0.05, 0) is 29.3 Å². The van der Waals surface area contributed by atoms with Crippen LogP contribution in [0.2, 0.25) is 0 Å². The molecule has 0 spiro atoms. The molecule has 2 N–H and O–H groups in total. The van der Waals surface area contributed by atoms with Crippen LogP contribution in [0.4, 0.5) is 0 Å². The molecular formula is C20H20NO4+. The van der Waals surface area contributed by atoms with E-state index in [1.165, 1.54) is 21.6 Å². The third kappa shape index (κ3) is 1.99. The lowest BCUT2D eigenvalue weighted by atomic mass is 9.75. The van der Waals surface area contributed by atoms with Crippen molar-refractivity contribution >= 4 is 6.08 Å². The molecule has 0 aromatic heterocycles. The van der Waals surface area contributed by atoms with Crippen molar-refractivity contribution in [2.75, 3.05) is 21.0 Å². The Bertz CT molecular complexity index is 905. The number of rotatable bonds is 1. The molecule has 1 aliphatic carbocycles. The molecule has 5 rings (SSSR count). The van der Waals surface area contributed by atoms with Crippen LogP contribution in [0.5, 0.6) is 23.0 Å². The van der Waals surface area contributed by atoms with E-state index in [1.807, 2.05) is 6.07 Å². The maximum absolute atomic E-state index is 10.1. The van der Waals surface area contributed by atoms with Gasteiger partial charge < -0.3 is 24.2 Å². The van der Waals surface area contributed by atoms with Crippen LogP contribution >= 0.6 is 0 Å². The molecule has 25 heavy (non-hydrogen) atoms. The number of nitrogens with one attached hydrogen (secondary N) is 1. The average molecular weight is 338 g/mol. The topological polar surface area (TPSA) is 52.4 Å².